The van der Waals surface area contributed by atoms with Crippen molar-refractivity contribution in [3.05, 3.63) is 45.2 Å². The van der Waals surface area contributed by atoms with Crippen LogP contribution in [0.5, 0.6) is 0 Å². The second-order valence-corrected chi connectivity index (χ2v) is 7.36. The van der Waals surface area contributed by atoms with E-state index in [1.54, 1.807) is 0 Å². The lowest BCUT2D eigenvalue weighted by Crippen LogP contribution is -2.19. The average molecular weight is 440 g/mol. The number of nitrogens with one attached hydrogen (secondary N) is 2. The molecule has 112 valence electrons. The zero-order valence-corrected chi connectivity index (χ0v) is 14.3. The molecule has 0 amide bonds. The van der Waals surface area contributed by atoms with Crippen LogP contribution in [0, 0.1) is 5.82 Å². The van der Waals surface area contributed by atoms with Gasteiger partial charge in [0.05, 0.1) is 5.69 Å². The van der Waals surface area contributed by atoms with Crippen molar-refractivity contribution in [2.75, 3.05) is 10.1 Å². The van der Waals surface area contributed by atoms with Crippen LogP contribution in [0.25, 0.3) is 0 Å². The number of nitrogens with zero attached hydrogens (tertiary/aromatic N) is 1. The van der Waals surface area contributed by atoms with Gasteiger partial charge in [0.1, 0.15) is 10.7 Å². The quantitative estimate of drug-likeness (QED) is 0.502. The Hall–Kier alpha value is -1.23. The summed E-state index contributed by atoms with van der Waals surface area (Å²) in [6.45, 7) is 0. The Morgan fingerprint density at radius 2 is 1.90 bits per heavy atom. The minimum absolute atomic E-state index is 0.0545. The lowest BCUT2D eigenvalue weighted by molar-refractivity contribution is 0.598. The zero-order chi connectivity index (χ0) is 15.6. The van der Waals surface area contributed by atoms with Crippen LogP contribution in [0.3, 0.4) is 0 Å². The first-order chi connectivity index (χ1) is 9.83. The number of sulfonamides is 1. The highest BCUT2D eigenvalue weighted by Gasteiger charge is 2.21. The number of nitrogens with two attached hydrogens (primary N) is 1. The summed E-state index contributed by atoms with van der Waals surface area (Å²) in [5.74, 6) is 4.49. The molecule has 0 atom stereocenters. The van der Waals surface area contributed by atoms with Crippen LogP contribution in [-0.4, -0.2) is 13.4 Å². The molecule has 0 radical (unpaired) electrons. The van der Waals surface area contributed by atoms with Crippen LogP contribution in [-0.2, 0) is 10.0 Å². The monoisotopic (exact) mass is 438 g/mol. The Morgan fingerprint density at radius 1 is 1.19 bits per heavy atom. The number of pyridine rings is 1. The van der Waals surface area contributed by atoms with Crippen molar-refractivity contribution < 1.29 is 12.8 Å². The molecule has 21 heavy (non-hydrogen) atoms. The Labute approximate surface area is 137 Å². The van der Waals surface area contributed by atoms with E-state index in [-0.39, 0.29) is 16.4 Å². The van der Waals surface area contributed by atoms with Crippen LogP contribution in [0.1, 0.15) is 0 Å². The van der Waals surface area contributed by atoms with Crippen LogP contribution in [0.4, 0.5) is 15.9 Å². The molecular weight excluding hydrogens is 431 g/mol. The second kappa shape index (κ2) is 6.26. The first kappa shape index (κ1) is 16.1. The molecule has 2 rings (SSSR count). The van der Waals surface area contributed by atoms with Crippen LogP contribution in [0.2, 0.25) is 0 Å². The van der Waals surface area contributed by atoms with E-state index in [4.69, 9.17) is 5.84 Å². The molecule has 0 fully saturated rings. The number of halogens is 3. The van der Waals surface area contributed by atoms with Gasteiger partial charge in [0, 0.05) is 15.1 Å². The van der Waals surface area contributed by atoms with Crippen molar-refractivity contribution in [3.8, 4) is 0 Å². The zero-order valence-electron chi connectivity index (χ0n) is 10.3. The molecule has 0 saturated carbocycles. The number of benzene rings is 1. The molecule has 0 bridgehead atoms. The molecule has 0 unspecified atom stereocenters. The van der Waals surface area contributed by atoms with Crippen molar-refractivity contribution in [2.24, 2.45) is 5.84 Å². The average Bonchev–Trinajstić information content (AvgIpc) is 2.42. The molecule has 0 aliphatic heterocycles. The fourth-order valence-corrected chi connectivity index (χ4v) is 3.56. The van der Waals surface area contributed by atoms with E-state index in [2.05, 4.69) is 47.0 Å². The molecule has 0 aliphatic rings. The van der Waals surface area contributed by atoms with Gasteiger partial charge in [0.2, 0.25) is 0 Å². The van der Waals surface area contributed by atoms with Crippen molar-refractivity contribution in [3.63, 3.8) is 0 Å². The van der Waals surface area contributed by atoms with E-state index in [9.17, 15) is 12.8 Å². The summed E-state index contributed by atoms with van der Waals surface area (Å²) in [7, 11) is -4.06. The SMILES string of the molecule is NNc1ncc(Br)cc1S(=O)(=O)Nc1cc(Br)ccc1F. The predicted molar refractivity (Wildman–Crippen MR) is 84.7 cm³/mol. The molecule has 2 aromatic rings. The van der Waals surface area contributed by atoms with Crippen LogP contribution in [0.15, 0.2) is 44.3 Å². The Kier molecular flexibility index (Phi) is 4.81. The largest absolute Gasteiger partial charge is 0.307 e. The van der Waals surface area contributed by atoms with E-state index >= 15 is 0 Å². The standard InChI is InChI=1S/C11H9Br2FN4O2S/c12-6-1-2-8(14)9(3-6)18-21(19,20)10-4-7(13)5-16-11(10)17-15/h1-5,18H,15H2,(H,16,17). The maximum absolute atomic E-state index is 13.7. The minimum atomic E-state index is -4.06. The van der Waals surface area contributed by atoms with Crippen molar-refractivity contribution in [1.29, 1.82) is 0 Å². The predicted octanol–water partition coefficient (Wildman–Crippen LogP) is 2.83. The summed E-state index contributed by atoms with van der Waals surface area (Å²) in [4.78, 5) is 3.63. The fourth-order valence-electron chi connectivity index (χ4n) is 1.51. The number of hydrogen-bond acceptors (Lipinski definition) is 5. The van der Waals surface area contributed by atoms with Crippen molar-refractivity contribution in [2.45, 2.75) is 4.90 Å². The first-order valence-electron chi connectivity index (χ1n) is 5.43. The van der Waals surface area contributed by atoms with Gasteiger partial charge in [0.15, 0.2) is 5.82 Å². The molecular formula is C11H9Br2FN4O2S. The smallest absolute Gasteiger partial charge is 0.265 e. The van der Waals surface area contributed by atoms with E-state index in [1.807, 2.05) is 0 Å². The number of rotatable bonds is 4. The van der Waals surface area contributed by atoms with Crippen LogP contribution < -0.4 is 16.0 Å². The molecule has 6 nitrogen and oxygen atoms in total. The molecule has 1 aromatic heterocycles. The number of hydrazine groups is 1. The van der Waals surface area contributed by atoms with Gasteiger partial charge in [-0.3, -0.25) is 4.72 Å². The van der Waals surface area contributed by atoms with Gasteiger partial charge in [-0.25, -0.2) is 23.6 Å². The van der Waals surface area contributed by atoms with Crippen LogP contribution >= 0.6 is 31.9 Å². The number of nitrogen functional groups attached to an aromatic ring is 1. The number of anilines is 2. The Morgan fingerprint density at radius 3 is 2.57 bits per heavy atom. The fraction of sp³-hybridized carbons (Fsp3) is 0. The molecule has 0 aliphatic carbocycles. The highest BCUT2D eigenvalue weighted by Crippen LogP contribution is 2.27. The van der Waals surface area contributed by atoms with Gasteiger partial charge in [-0.05, 0) is 40.2 Å². The summed E-state index contributed by atoms with van der Waals surface area (Å²) in [6, 6.07) is 5.22. The summed E-state index contributed by atoms with van der Waals surface area (Å²) < 4.78 is 41.5. The third-order valence-corrected chi connectivity index (χ3v) is 4.72. The van der Waals surface area contributed by atoms with Gasteiger partial charge < -0.3 is 5.43 Å². The van der Waals surface area contributed by atoms with Crippen molar-refractivity contribution >= 4 is 53.4 Å². The summed E-state index contributed by atoms with van der Waals surface area (Å²) in [6.07, 6.45) is 1.38. The molecule has 1 aromatic carbocycles. The Bertz CT molecular complexity index is 786. The lowest BCUT2D eigenvalue weighted by Gasteiger charge is -2.12. The highest BCUT2D eigenvalue weighted by molar-refractivity contribution is 9.10. The first-order valence-corrected chi connectivity index (χ1v) is 8.50. The number of aromatic nitrogens is 1. The molecule has 10 heteroatoms. The Balaban J connectivity index is 2.48. The van der Waals surface area contributed by atoms with E-state index in [1.165, 1.54) is 24.4 Å². The minimum Gasteiger partial charge on any atom is -0.307 e. The summed E-state index contributed by atoms with van der Waals surface area (Å²) in [5, 5.41) is 0. The molecule has 0 saturated heterocycles. The third-order valence-electron chi connectivity index (χ3n) is 2.42. The van der Waals surface area contributed by atoms with Gasteiger partial charge >= 0.3 is 0 Å². The van der Waals surface area contributed by atoms with Gasteiger partial charge in [-0.1, -0.05) is 15.9 Å². The van der Waals surface area contributed by atoms with Gasteiger partial charge in [-0.15, -0.1) is 0 Å². The van der Waals surface area contributed by atoms with Gasteiger partial charge in [-0.2, -0.15) is 0 Å². The maximum Gasteiger partial charge on any atom is 0.265 e. The second-order valence-electron chi connectivity index (χ2n) is 3.87. The number of hydrogen-bond donors (Lipinski definition) is 3. The normalized spacial score (nSPS) is 11.2. The third kappa shape index (κ3) is 3.70. The molecule has 4 N–H and O–H groups in total. The van der Waals surface area contributed by atoms with E-state index in [0.717, 1.165) is 6.07 Å². The summed E-state index contributed by atoms with van der Waals surface area (Å²) in [5.41, 5.74) is 2.00. The maximum atomic E-state index is 13.7. The molecule has 0 spiro atoms. The van der Waals surface area contributed by atoms with Crippen molar-refractivity contribution in [1.82, 2.24) is 4.98 Å². The summed E-state index contributed by atoms with van der Waals surface area (Å²) >= 11 is 6.27. The molecule has 1 heterocycles. The van der Waals surface area contributed by atoms with E-state index < -0.39 is 15.8 Å². The van der Waals surface area contributed by atoms with E-state index in [0.29, 0.717) is 8.95 Å². The topological polar surface area (TPSA) is 97.1 Å². The van der Waals surface area contributed by atoms with Gasteiger partial charge in [0.25, 0.3) is 10.0 Å². The lowest BCUT2D eigenvalue weighted by atomic mass is 10.3. The highest BCUT2D eigenvalue weighted by atomic mass is 79.9.